The quantitative estimate of drug-likeness (QED) is 0.684. The van der Waals surface area contributed by atoms with Crippen LogP contribution in [0.1, 0.15) is 24.3 Å². The molecule has 1 aliphatic rings. The van der Waals surface area contributed by atoms with Crippen molar-refractivity contribution in [3.05, 3.63) is 29.8 Å². The van der Waals surface area contributed by atoms with Gasteiger partial charge in [0.05, 0.1) is 7.11 Å². The van der Waals surface area contributed by atoms with Crippen molar-refractivity contribution in [2.75, 3.05) is 7.11 Å². The number of methoxy groups -OCH3 is 1. The zero-order valence-corrected chi connectivity index (χ0v) is 8.27. The molecule has 0 spiro atoms. The molecular formula is C12H14O2. The molecule has 0 atom stereocenters. The van der Waals surface area contributed by atoms with Crippen molar-refractivity contribution in [2.24, 2.45) is 5.92 Å². The zero-order chi connectivity index (χ0) is 9.97. The van der Waals surface area contributed by atoms with E-state index in [1.165, 1.54) is 5.56 Å². The molecule has 1 aromatic rings. The Bertz CT molecular complexity index is 327. The minimum atomic E-state index is 0.284. The Balaban J connectivity index is 2.06. The highest BCUT2D eigenvalue weighted by atomic mass is 16.5. The van der Waals surface area contributed by atoms with Crippen molar-refractivity contribution in [3.63, 3.8) is 0 Å². The van der Waals surface area contributed by atoms with Crippen LogP contribution in [0.4, 0.5) is 0 Å². The number of carbonyl (C=O) groups is 1. The number of ether oxygens (including phenoxy) is 1. The highest BCUT2D eigenvalue weighted by Crippen LogP contribution is 2.41. The number of hydrogen-bond acceptors (Lipinski definition) is 2. The van der Waals surface area contributed by atoms with Gasteiger partial charge in [0.2, 0.25) is 0 Å². The molecule has 14 heavy (non-hydrogen) atoms. The van der Waals surface area contributed by atoms with Crippen molar-refractivity contribution >= 4 is 6.29 Å². The lowest BCUT2D eigenvalue weighted by Crippen LogP contribution is -2.22. The van der Waals surface area contributed by atoms with E-state index in [0.717, 1.165) is 24.9 Å². The van der Waals surface area contributed by atoms with Crippen LogP contribution in [0.3, 0.4) is 0 Å². The summed E-state index contributed by atoms with van der Waals surface area (Å²) in [4.78, 5) is 10.5. The summed E-state index contributed by atoms with van der Waals surface area (Å²) in [7, 11) is 1.67. The van der Waals surface area contributed by atoms with Gasteiger partial charge in [0.15, 0.2) is 0 Å². The molecule has 0 aromatic heterocycles. The molecular weight excluding hydrogens is 176 g/mol. The number of carbonyl (C=O) groups excluding carboxylic acids is 1. The van der Waals surface area contributed by atoms with Gasteiger partial charge in [-0.1, -0.05) is 12.1 Å². The largest absolute Gasteiger partial charge is 0.497 e. The molecule has 2 heteroatoms. The van der Waals surface area contributed by atoms with Gasteiger partial charge in [-0.05, 0) is 36.5 Å². The second kappa shape index (κ2) is 3.82. The molecule has 0 amide bonds. The summed E-state index contributed by atoms with van der Waals surface area (Å²) in [6, 6.07) is 8.11. The van der Waals surface area contributed by atoms with Crippen LogP contribution in [-0.2, 0) is 4.79 Å². The van der Waals surface area contributed by atoms with Crippen molar-refractivity contribution in [1.82, 2.24) is 0 Å². The Morgan fingerprint density at radius 1 is 1.43 bits per heavy atom. The standard InChI is InChI=1S/C12H14O2/c1-14-12-4-2-3-10(7-12)11-5-9(6-11)8-13/h2-4,7-9,11H,5-6H2,1H3. The molecule has 1 aliphatic carbocycles. The van der Waals surface area contributed by atoms with Gasteiger partial charge in [0.1, 0.15) is 12.0 Å². The van der Waals surface area contributed by atoms with Crippen LogP contribution in [0.25, 0.3) is 0 Å². The van der Waals surface area contributed by atoms with Crippen molar-refractivity contribution in [1.29, 1.82) is 0 Å². The third-order valence-electron chi connectivity index (χ3n) is 2.93. The minimum Gasteiger partial charge on any atom is -0.497 e. The third kappa shape index (κ3) is 1.65. The summed E-state index contributed by atoms with van der Waals surface area (Å²) in [5.74, 6) is 1.74. The predicted molar refractivity (Wildman–Crippen MR) is 54.5 cm³/mol. The van der Waals surface area contributed by atoms with E-state index < -0.39 is 0 Å². The fourth-order valence-corrected chi connectivity index (χ4v) is 1.94. The van der Waals surface area contributed by atoms with Crippen LogP contribution in [0.5, 0.6) is 5.75 Å². The highest BCUT2D eigenvalue weighted by molar-refractivity contribution is 5.56. The first-order valence-corrected chi connectivity index (χ1v) is 4.92. The van der Waals surface area contributed by atoms with Crippen molar-refractivity contribution in [3.8, 4) is 5.75 Å². The van der Waals surface area contributed by atoms with E-state index in [4.69, 9.17) is 4.74 Å². The number of aldehydes is 1. The topological polar surface area (TPSA) is 26.3 Å². The van der Waals surface area contributed by atoms with E-state index >= 15 is 0 Å². The second-order valence-electron chi connectivity index (χ2n) is 3.84. The maximum absolute atomic E-state index is 10.5. The van der Waals surface area contributed by atoms with Gasteiger partial charge < -0.3 is 9.53 Å². The van der Waals surface area contributed by atoms with Crippen LogP contribution < -0.4 is 4.74 Å². The molecule has 74 valence electrons. The maximum atomic E-state index is 10.5. The van der Waals surface area contributed by atoms with Crippen LogP contribution in [-0.4, -0.2) is 13.4 Å². The zero-order valence-electron chi connectivity index (χ0n) is 8.27. The predicted octanol–water partition coefficient (Wildman–Crippen LogP) is 2.39. The van der Waals surface area contributed by atoms with Crippen LogP contribution in [0, 0.1) is 5.92 Å². The summed E-state index contributed by atoms with van der Waals surface area (Å²) in [5.41, 5.74) is 1.29. The first-order valence-electron chi connectivity index (χ1n) is 4.92. The molecule has 0 bridgehead atoms. The van der Waals surface area contributed by atoms with Gasteiger partial charge in [-0.2, -0.15) is 0 Å². The van der Waals surface area contributed by atoms with Crippen LogP contribution in [0.15, 0.2) is 24.3 Å². The second-order valence-corrected chi connectivity index (χ2v) is 3.84. The van der Waals surface area contributed by atoms with Gasteiger partial charge >= 0.3 is 0 Å². The van der Waals surface area contributed by atoms with Gasteiger partial charge in [-0.25, -0.2) is 0 Å². The average Bonchev–Trinajstić information content (AvgIpc) is 2.17. The van der Waals surface area contributed by atoms with E-state index in [0.29, 0.717) is 5.92 Å². The number of benzene rings is 1. The Hall–Kier alpha value is -1.31. The summed E-state index contributed by atoms with van der Waals surface area (Å²) in [5, 5.41) is 0. The molecule has 2 nitrogen and oxygen atoms in total. The molecule has 1 saturated carbocycles. The summed E-state index contributed by atoms with van der Waals surface area (Å²) in [6.45, 7) is 0. The molecule has 2 rings (SSSR count). The van der Waals surface area contributed by atoms with E-state index in [1.807, 2.05) is 12.1 Å². The molecule has 0 aliphatic heterocycles. The molecule has 0 N–H and O–H groups in total. The summed E-state index contributed by atoms with van der Waals surface area (Å²) < 4.78 is 5.16. The number of hydrogen-bond donors (Lipinski definition) is 0. The first kappa shape index (κ1) is 9.25. The Morgan fingerprint density at radius 3 is 2.86 bits per heavy atom. The summed E-state index contributed by atoms with van der Waals surface area (Å²) >= 11 is 0. The fourth-order valence-electron chi connectivity index (χ4n) is 1.94. The van der Waals surface area contributed by atoms with E-state index in [2.05, 4.69) is 12.1 Å². The lowest BCUT2D eigenvalue weighted by atomic mass is 9.72. The monoisotopic (exact) mass is 190 g/mol. The highest BCUT2D eigenvalue weighted by Gasteiger charge is 2.29. The molecule has 0 radical (unpaired) electrons. The summed E-state index contributed by atoms with van der Waals surface area (Å²) in [6.07, 6.45) is 3.06. The van der Waals surface area contributed by atoms with Gasteiger partial charge in [0.25, 0.3) is 0 Å². The third-order valence-corrected chi connectivity index (χ3v) is 2.93. The van der Waals surface area contributed by atoms with E-state index in [1.54, 1.807) is 7.11 Å². The van der Waals surface area contributed by atoms with Crippen LogP contribution in [0.2, 0.25) is 0 Å². The SMILES string of the molecule is COc1cccc(C2CC(C=O)C2)c1. The van der Waals surface area contributed by atoms with Gasteiger partial charge in [-0.3, -0.25) is 0 Å². The molecule has 0 heterocycles. The normalized spacial score (nSPS) is 25.2. The van der Waals surface area contributed by atoms with Crippen molar-refractivity contribution < 1.29 is 9.53 Å². The van der Waals surface area contributed by atoms with Gasteiger partial charge in [0, 0.05) is 5.92 Å². The molecule has 1 aromatic carbocycles. The Kier molecular flexibility index (Phi) is 2.53. The number of rotatable bonds is 3. The lowest BCUT2D eigenvalue weighted by molar-refractivity contribution is -0.113. The smallest absolute Gasteiger partial charge is 0.123 e. The van der Waals surface area contributed by atoms with Crippen molar-refractivity contribution in [2.45, 2.75) is 18.8 Å². The fraction of sp³-hybridized carbons (Fsp3) is 0.417. The van der Waals surface area contributed by atoms with E-state index in [9.17, 15) is 4.79 Å². The molecule has 0 unspecified atom stereocenters. The minimum absolute atomic E-state index is 0.284. The van der Waals surface area contributed by atoms with Gasteiger partial charge in [-0.15, -0.1) is 0 Å². The average molecular weight is 190 g/mol. The first-order chi connectivity index (χ1) is 6.83. The Labute approximate surface area is 83.9 Å². The lowest BCUT2D eigenvalue weighted by Gasteiger charge is -2.31. The molecule has 0 saturated heterocycles. The molecule has 1 fully saturated rings. The van der Waals surface area contributed by atoms with E-state index in [-0.39, 0.29) is 5.92 Å². The van der Waals surface area contributed by atoms with Crippen LogP contribution >= 0.6 is 0 Å². The maximum Gasteiger partial charge on any atom is 0.123 e. The Morgan fingerprint density at radius 2 is 2.21 bits per heavy atom.